The maximum Gasteiger partial charge on any atom is 0.347 e. The van der Waals surface area contributed by atoms with Gasteiger partial charge in [0.15, 0.2) is 5.13 Å². The van der Waals surface area contributed by atoms with Crippen molar-refractivity contribution in [1.29, 1.82) is 0 Å². The van der Waals surface area contributed by atoms with Crippen LogP contribution in [0.25, 0.3) is 0 Å². The lowest BCUT2D eigenvalue weighted by Crippen LogP contribution is -2.23. The van der Waals surface area contributed by atoms with Gasteiger partial charge in [0, 0.05) is 13.6 Å². The molecule has 1 heterocycles. The van der Waals surface area contributed by atoms with Gasteiger partial charge < -0.3 is 10.0 Å². The van der Waals surface area contributed by atoms with E-state index in [9.17, 15) is 9.90 Å². The average molecular weight is 282 g/mol. The maximum atomic E-state index is 11.2. The Kier molecular flexibility index (Phi) is 4.80. The molecule has 0 amide bonds. The largest absolute Gasteiger partial charge is 0.477 e. The highest BCUT2D eigenvalue weighted by Gasteiger charge is 2.21. The van der Waals surface area contributed by atoms with E-state index in [0.29, 0.717) is 4.88 Å². The Bertz CT molecular complexity index is 439. The number of carboxylic acid groups (broad SMARTS) is 1. The molecular weight excluding hydrogens is 260 g/mol. The highest BCUT2D eigenvalue weighted by molar-refractivity contribution is 7.17. The summed E-state index contributed by atoms with van der Waals surface area (Å²) in [7, 11) is 2.03. The Morgan fingerprint density at radius 2 is 2.16 bits per heavy atom. The summed E-state index contributed by atoms with van der Waals surface area (Å²) in [6.07, 6.45) is 6.92. The van der Waals surface area contributed by atoms with Crippen molar-refractivity contribution in [2.24, 2.45) is 5.92 Å². The minimum atomic E-state index is -0.846. The molecule has 1 aromatic heterocycles. The molecule has 0 bridgehead atoms. The molecule has 5 heteroatoms. The van der Waals surface area contributed by atoms with E-state index >= 15 is 0 Å². The molecule has 0 atom stereocenters. The quantitative estimate of drug-likeness (QED) is 0.868. The van der Waals surface area contributed by atoms with Gasteiger partial charge in [0.05, 0.1) is 5.69 Å². The van der Waals surface area contributed by atoms with Crippen molar-refractivity contribution in [2.45, 2.75) is 45.4 Å². The number of rotatable bonds is 6. The van der Waals surface area contributed by atoms with E-state index in [2.05, 4.69) is 9.88 Å². The molecule has 1 aliphatic carbocycles. The van der Waals surface area contributed by atoms with Gasteiger partial charge in [0.25, 0.3) is 0 Å². The first-order valence-electron chi connectivity index (χ1n) is 7.06. The summed E-state index contributed by atoms with van der Waals surface area (Å²) in [5.74, 6) is -0.0988. The standard InChI is InChI=1S/C14H22N2O2S/c1-3-6-11-12(13(17)18)19-14(15-11)16(2)9-10-7-4-5-8-10/h10H,3-9H2,1-2H3,(H,17,18). The van der Waals surface area contributed by atoms with Gasteiger partial charge in [0.1, 0.15) is 4.88 Å². The molecule has 4 nitrogen and oxygen atoms in total. The third-order valence-electron chi connectivity index (χ3n) is 3.70. The van der Waals surface area contributed by atoms with Crippen LogP contribution in [0, 0.1) is 5.92 Å². The molecule has 19 heavy (non-hydrogen) atoms. The zero-order valence-corrected chi connectivity index (χ0v) is 12.5. The molecule has 1 aromatic rings. The van der Waals surface area contributed by atoms with Gasteiger partial charge in [-0.25, -0.2) is 9.78 Å². The van der Waals surface area contributed by atoms with Gasteiger partial charge in [-0.1, -0.05) is 37.5 Å². The molecule has 1 aliphatic rings. The lowest BCUT2D eigenvalue weighted by Gasteiger charge is -2.19. The lowest BCUT2D eigenvalue weighted by atomic mass is 10.1. The van der Waals surface area contributed by atoms with Crippen molar-refractivity contribution in [1.82, 2.24) is 4.98 Å². The third kappa shape index (κ3) is 3.47. The highest BCUT2D eigenvalue weighted by Crippen LogP contribution is 2.30. The van der Waals surface area contributed by atoms with E-state index in [0.717, 1.165) is 36.1 Å². The molecule has 1 fully saturated rings. The summed E-state index contributed by atoms with van der Waals surface area (Å²) in [6, 6.07) is 0. The van der Waals surface area contributed by atoms with E-state index in [-0.39, 0.29) is 0 Å². The van der Waals surface area contributed by atoms with Gasteiger partial charge in [0.2, 0.25) is 0 Å². The summed E-state index contributed by atoms with van der Waals surface area (Å²) in [5.41, 5.74) is 0.744. The fourth-order valence-electron chi connectivity index (χ4n) is 2.73. The number of carbonyl (C=O) groups is 1. The minimum absolute atomic E-state index is 0.412. The second kappa shape index (κ2) is 6.37. The van der Waals surface area contributed by atoms with Crippen molar-refractivity contribution in [2.75, 3.05) is 18.5 Å². The van der Waals surface area contributed by atoms with Crippen molar-refractivity contribution < 1.29 is 9.90 Å². The van der Waals surface area contributed by atoms with Crippen LogP contribution in [0.3, 0.4) is 0 Å². The van der Waals surface area contributed by atoms with Crippen LogP contribution in [0.2, 0.25) is 0 Å². The second-order valence-corrected chi connectivity index (χ2v) is 6.34. The first kappa shape index (κ1) is 14.3. The molecule has 0 unspecified atom stereocenters. The van der Waals surface area contributed by atoms with Crippen molar-refractivity contribution in [3.63, 3.8) is 0 Å². The predicted molar refractivity (Wildman–Crippen MR) is 78.3 cm³/mol. The zero-order chi connectivity index (χ0) is 13.8. The van der Waals surface area contributed by atoms with Crippen molar-refractivity contribution in [3.8, 4) is 0 Å². The van der Waals surface area contributed by atoms with Crippen LogP contribution >= 0.6 is 11.3 Å². The topological polar surface area (TPSA) is 53.4 Å². The summed E-state index contributed by atoms with van der Waals surface area (Å²) in [4.78, 5) is 18.3. The monoisotopic (exact) mass is 282 g/mol. The van der Waals surface area contributed by atoms with Crippen LogP contribution in [0.4, 0.5) is 5.13 Å². The molecular formula is C14H22N2O2S. The Balaban J connectivity index is 2.09. The summed E-state index contributed by atoms with van der Waals surface area (Å²) >= 11 is 1.31. The van der Waals surface area contributed by atoms with Gasteiger partial charge in [-0.2, -0.15) is 0 Å². The van der Waals surface area contributed by atoms with E-state index in [1.165, 1.54) is 37.0 Å². The van der Waals surface area contributed by atoms with E-state index < -0.39 is 5.97 Å². The van der Waals surface area contributed by atoms with Gasteiger partial charge in [-0.05, 0) is 25.2 Å². The van der Waals surface area contributed by atoms with Crippen LogP contribution < -0.4 is 4.90 Å². The average Bonchev–Trinajstić information content (AvgIpc) is 2.98. The molecule has 106 valence electrons. The number of thiazole rings is 1. The highest BCUT2D eigenvalue weighted by atomic mass is 32.1. The number of hydrogen-bond acceptors (Lipinski definition) is 4. The Hall–Kier alpha value is -1.10. The molecule has 1 saturated carbocycles. The lowest BCUT2D eigenvalue weighted by molar-refractivity contribution is 0.0700. The smallest absolute Gasteiger partial charge is 0.347 e. The molecule has 2 rings (SSSR count). The maximum absolute atomic E-state index is 11.2. The number of hydrogen-bond donors (Lipinski definition) is 1. The molecule has 1 N–H and O–H groups in total. The predicted octanol–water partition coefficient (Wildman–Crippen LogP) is 3.42. The van der Waals surface area contributed by atoms with Crippen LogP contribution in [-0.2, 0) is 6.42 Å². The summed E-state index contributed by atoms with van der Waals surface area (Å²) in [6.45, 7) is 3.05. The molecule has 0 saturated heterocycles. The summed E-state index contributed by atoms with van der Waals surface area (Å²) in [5, 5.41) is 10.1. The van der Waals surface area contributed by atoms with Crippen LogP contribution in [0.15, 0.2) is 0 Å². The van der Waals surface area contributed by atoms with E-state index in [4.69, 9.17) is 0 Å². The molecule has 0 aromatic carbocycles. The number of carboxylic acids is 1. The van der Waals surface area contributed by atoms with Crippen LogP contribution in [-0.4, -0.2) is 29.7 Å². The Morgan fingerprint density at radius 1 is 1.47 bits per heavy atom. The zero-order valence-electron chi connectivity index (χ0n) is 11.7. The fraction of sp³-hybridized carbons (Fsp3) is 0.714. The number of aromatic nitrogens is 1. The second-order valence-electron chi connectivity index (χ2n) is 5.36. The van der Waals surface area contributed by atoms with Crippen molar-refractivity contribution in [3.05, 3.63) is 10.6 Å². The number of aromatic carboxylic acids is 1. The van der Waals surface area contributed by atoms with Gasteiger partial charge >= 0.3 is 5.97 Å². The minimum Gasteiger partial charge on any atom is -0.477 e. The normalized spacial score (nSPS) is 15.9. The number of aryl methyl sites for hydroxylation is 1. The number of anilines is 1. The van der Waals surface area contributed by atoms with Gasteiger partial charge in [-0.3, -0.25) is 0 Å². The molecule has 0 radical (unpaired) electrons. The van der Waals surface area contributed by atoms with Crippen molar-refractivity contribution >= 4 is 22.4 Å². The van der Waals surface area contributed by atoms with Gasteiger partial charge in [-0.15, -0.1) is 0 Å². The van der Waals surface area contributed by atoms with Crippen LogP contribution in [0.5, 0.6) is 0 Å². The Labute approximate surface area is 118 Å². The van der Waals surface area contributed by atoms with E-state index in [1.54, 1.807) is 0 Å². The SMILES string of the molecule is CCCc1nc(N(C)CC2CCCC2)sc1C(=O)O. The first-order chi connectivity index (χ1) is 9.11. The third-order valence-corrected chi connectivity index (χ3v) is 4.90. The fourth-order valence-corrected chi connectivity index (χ4v) is 3.66. The summed E-state index contributed by atoms with van der Waals surface area (Å²) < 4.78 is 0. The first-order valence-corrected chi connectivity index (χ1v) is 7.87. The molecule has 0 spiro atoms. The van der Waals surface area contributed by atoms with E-state index in [1.807, 2.05) is 14.0 Å². The van der Waals surface area contributed by atoms with Crippen LogP contribution in [0.1, 0.15) is 54.4 Å². The number of nitrogens with zero attached hydrogens (tertiary/aromatic N) is 2. The Morgan fingerprint density at radius 3 is 2.74 bits per heavy atom. The molecule has 0 aliphatic heterocycles.